The maximum Gasteiger partial charge on any atom is 0.227 e. The molecule has 1 saturated heterocycles. The molecule has 1 unspecified atom stereocenters. The molecule has 4 rings (SSSR count). The van der Waals surface area contributed by atoms with Crippen LogP contribution in [0.3, 0.4) is 0 Å². The predicted molar refractivity (Wildman–Crippen MR) is 110 cm³/mol. The minimum Gasteiger partial charge on any atom is -0.376 e. The van der Waals surface area contributed by atoms with E-state index in [2.05, 4.69) is 0 Å². The lowest BCUT2D eigenvalue weighted by molar-refractivity contribution is -0.132. The van der Waals surface area contributed by atoms with Gasteiger partial charge >= 0.3 is 0 Å². The average molecular weight is 392 g/mol. The van der Waals surface area contributed by atoms with Crippen LogP contribution in [0.15, 0.2) is 73.1 Å². The molecule has 0 bridgehead atoms. The Labute approximate surface area is 170 Å². The standard InChI is InChI=1S/C24H25FN2O2/c25-21-6-3-5-20(15-21)17-27(18-23-7-4-14-29-23)24(28)16-19-8-10-22(11-9-19)26-12-1-2-13-26/h1-3,5-6,8-13,15,23H,4,7,14,16-18H2. The maximum atomic E-state index is 13.6. The normalized spacial score (nSPS) is 16.1. The Morgan fingerprint density at radius 1 is 1.07 bits per heavy atom. The first-order valence-electron chi connectivity index (χ1n) is 10.0. The highest BCUT2D eigenvalue weighted by Gasteiger charge is 2.23. The van der Waals surface area contributed by atoms with E-state index >= 15 is 0 Å². The number of carbonyl (C=O) groups excluding carboxylic acids is 1. The average Bonchev–Trinajstić information content (AvgIpc) is 3.42. The fourth-order valence-corrected chi connectivity index (χ4v) is 3.72. The predicted octanol–water partition coefficient (Wildman–Crippen LogP) is 4.37. The van der Waals surface area contributed by atoms with Crippen LogP contribution in [0.25, 0.3) is 5.69 Å². The molecule has 2 heterocycles. The van der Waals surface area contributed by atoms with E-state index in [-0.39, 0.29) is 17.8 Å². The molecule has 1 aliphatic heterocycles. The van der Waals surface area contributed by atoms with Gasteiger partial charge in [-0.1, -0.05) is 24.3 Å². The molecule has 2 aromatic carbocycles. The Hall–Kier alpha value is -2.92. The molecule has 0 saturated carbocycles. The van der Waals surface area contributed by atoms with Crippen LogP contribution in [0.2, 0.25) is 0 Å². The number of hydrogen-bond acceptors (Lipinski definition) is 2. The first-order valence-corrected chi connectivity index (χ1v) is 10.0. The highest BCUT2D eigenvalue weighted by atomic mass is 19.1. The largest absolute Gasteiger partial charge is 0.376 e. The van der Waals surface area contributed by atoms with Gasteiger partial charge < -0.3 is 14.2 Å². The van der Waals surface area contributed by atoms with E-state index < -0.39 is 0 Å². The van der Waals surface area contributed by atoms with Crippen molar-refractivity contribution >= 4 is 5.91 Å². The number of amides is 1. The molecule has 1 atom stereocenters. The number of hydrogen-bond donors (Lipinski definition) is 0. The Morgan fingerprint density at radius 3 is 2.55 bits per heavy atom. The first kappa shape index (κ1) is 19.4. The summed E-state index contributed by atoms with van der Waals surface area (Å²) in [4.78, 5) is 14.9. The molecule has 29 heavy (non-hydrogen) atoms. The van der Waals surface area contributed by atoms with Crippen LogP contribution >= 0.6 is 0 Å². The van der Waals surface area contributed by atoms with Gasteiger partial charge in [-0.3, -0.25) is 4.79 Å². The summed E-state index contributed by atoms with van der Waals surface area (Å²) in [6, 6.07) is 18.4. The van der Waals surface area contributed by atoms with Crippen LogP contribution in [0.4, 0.5) is 4.39 Å². The van der Waals surface area contributed by atoms with Gasteiger partial charge in [0.25, 0.3) is 0 Å². The third kappa shape index (κ3) is 5.12. The number of halogens is 1. The molecule has 1 aromatic heterocycles. The van der Waals surface area contributed by atoms with Crippen molar-refractivity contribution in [3.05, 3.63) is 90.0 Å². The van der Waals surface area contributed by atoms with Crippen molar-refractivity contribution in [2.24, 2.45) is 0 Å². The van der Waals surface area contributed by atoms with Gasteiger partial charge in [0.15, 0.2) is 0 Å². The third-order valence-corrected chi connectivity index (χ3v) is 5.26. The van der Waals surface area contributed by atoms with Gasteiger partial charge in [0.05, 0.1) is 12.5 Å². The highest BCUT2D eigenvalue weighted by Crippen LogP contribution is 2.17. The zero-order chi connectivity index (χ0) is 20.1. The SMILES string of the molecule is O=C(Cc1ccc(-n2cccc2)cc1)N(Cc1cccc(F)c1)CC1CCCO1. The fraction of sp³-hybridized carbons (Fsp3) is 0.292. The second-order valence-electron chi connectivity index (χ2n) is 7.47. The lowest BCUT2D eigenvalue weighted by Gasteiger charge is -2.26. The molecular formula is C24H25FN2O2. The molecule has 1 amide bonds. The van der Waals surface area contributed by atoms with Crippen molar-refractivity contribution in [3.8, 4) is 5.69 Å². The van der Waals surface area contributed by atoms with Crippen molar-refractivity contribution in [1.82, 2.24) is 9.47 Å². The van der Waals surface area contributed by atoms with E-state index in [0.717, 1.165) is 36.3 Å². The van der Waals surface area contributed by atoms with Gasteiger partial charge in [0, 0.05) is 37.8 Å². The van der Waals surface area contributed by atoms with Crippen LogP contribution in [0.5, 0.6) is 0 Å². The molecule has 5 heteroatoms. The molecule has 1 fully saturated rings. The summed E-state index contributed by atoms with van der Waals surface area (Å²) >= 11 is 0. The lowest BCUT2D eigenvalue weighted by atomic mass is 10.1. The number of carbonyl (C=O) groups is 1. The third-order valence-electron chi connectivity index (χ3n) is 5.26. The topological polar surface area (TPSA) is 34.5 Å². The molecule has 0 N–H and O–H groups in total. The Balaban J connectivity index is 1.46. The lowest BCUT2D eigenvalue weighted by Crippen LogP contribution is -2.37. The monoisotopic (exact) mass is 392 g/mol. The quantitative estimate of drug-likeness (QED) is 0.599. The van der Waals surface area contributed by atoms with Gasteiger partial charge in [0.1, 0.15) is 5.82 Å². The van der Waals surface area contributed by atoms with E-state index in [1.807, 2.05) is 59.4 Å². The minimum absolute atomic E-state index is 0.0264. The minimum atomic E-state index is -0.285. The molecular weight excluding hydrogens is 367 g/mol. The van der Waals surface area contributed by atoms with Crippen LogP contribution < -0.4 is 0 Å². The van der Waals surface area contributed by atoms with Gasteiger partial charge in [-0.25, -0.2) is 4.39 Å². The van der Waals surface area contributed by atoms with Crippen LogP contribution in [0, 0.1) is 5.82 Å². The summed E-state index contributed by atoms with van der Waals surface area (Å²) in [5, 5.41) is 0. The number of benzene rings is 2. The van der Waals surface area contributed by atoms with Crippen molar-refractivity contribution in [3.63, 3.8) is 0 Å². The van der Waals surface area contributed by atoms with E-state index in [4.69, 9.17) is 4.74 Å². The van der Waals surface area contributed by atoms with E-state index in [1.54, 1.807) is 11.0 Å². The summed E-state index contributed by atoms with van der Waals surface area (Å²) in [5.41, 5.74) is 2.81. The van der Waals surface area contributed by atoms with Crippen molar-refractivity contribution in [1.29, 1.82) is 0 Å². The second-order valence-corrected chi connectivity index (χ2v) is 7.47. The summed E-state index contributed by atoms with van der Waals surface area (Å²) in [6.45, 7) is 1.67. The van der Waals surface area contributed by atoms with Crippen LogP contribution in [0.1, 0.15) is 24.0 Å². The number of ether oxygens (including phenoxy) is 1. The van der Waals surface area contributed by atoms with E-state index in [9.17, 15) is 9.18 Å². The maximum absolute atomic E-state index is 13.6. The molecule has 3 aromatic rings. The summed E-state index contributed by atoms with van der Waals surface area (Å²) < 4.78 is 21.4. The Morgan fingerprint density at radius 2 is 1.86 bits per heavy atom. The second kappa shape index (κ2) is 9.05. The van der Waals surface area contributed by atoms with E-state index in [0.29, 0.717) is 19.5 Å². The number of aromatic nitrogens is 1. The fourth-order valence-electron chi connectivity index (χ4n) is 3.72. The van der Waals surface area contributed by atoms with Gasteiger partial charge in [0.2, 0.25) is 5.91 Å². The first-order chi connectivity index (χ1) is 14.2. The molecule has 1 aliphatic rings. The van der Waals surface area contributed by atoms with Crippen LogP contribution in [-0.4, -0.2) is 34.6 Å². The van der Waals surface area contributed by atoms with Crippen molar-refractivity contribution < 1.29 is 13.9 Å². The summed E-state index contributed by atoms with van der Waals surface area (Å²) in [6.07, 6.45) is 6.33. The zero-order valence-electron chi connectivity index (χ0n) is 16.3. The molecule has 0 radical (unpaired) electrons. The van der Waals surface area contributed by atoms with Crippen LogP contribution in [-0.2, 0) is 22.5 Å². The smallest absolute Gasteiger partial charge is 0.227 e. The summed E-state index contributed by atoms with van der Waals surface area (Å²) in [7, 11) is 0. The molecule has 150 valence electrons. The van der Waals surface area contributed by atoms with Gasteiger partial charge in [-0.15, -0.1) is 0 Å². The molecule has 0 spiro atoms. The summed E-state index contributed by atoms with van der Waals surface area (Å²) in [5.74, 6) is -0.258. The van der Waals surface area contributed by atoms with Crippen molar-refractivity contribution in [2.45, 2.75) is 31.9 Å². The number of nitrogens with zero attached hydrogens (tertiary/aromatic N) is 2. The van der Waals surface area contributed by atoms with Crippen molar-refractivity contribution in [2.75, 3.05) is 13.2 Å². The zero-order valence-corrected chi connectivity index (χ0v) is 16.3. The number of rotatable bonds is 7. The Bertz CT molecular complexity index is 932. The van der Waals surface area contributed by atoms with E-state index in [1.165, 1.54) is 12.1 Å². The molecule has 0 aliphatic carbocycles. The Kier molecular flexibility index (Phi) is 6.06. The highest BCUT2D eigenvalue weighted by molar-refractivity contribution is 5.79. The molecule has 4 nitrogen and oxygen atoms in total. The van der Waals surface area contributed by atoms with Gasteiger partial charge in [-0.2, -0.15) is 0 Å². The van der Waals surface area contributed by atoms with Gasteiger partial charge in [-0.05, 0) is 60.4 Å².